The fourth-order valence-electron chi connectivity index (χ4n) is 1.65. The lowest BCUT2D eigenvalue weighted by Crippen LogP contribution is -2.17. The first-order chi connectivity index (χ1) is 7.65. The number of aromatic nitrogens is 1. The Bertz CT molecular complexity index is 474. The Kier molecular flexibility index (Phi) is 3.06. The molecule has 2 aromatic rings. The molecule has 0 saturated heterocycles. The van der Waals surface area contributed by atoms with Gasteiger partial charge in [0, 0.05) is 30.4 Å². The summed E-state index contributed by atoms with van der Waals surface area (Å²) in [5.41, 5.74) is 7.86. The first-order valence-corrected chi connectivity index (χ1v) is 5.41. The summed E-state index contributed by atoms with van der Waals surface area (Å²) in [4.78, 5) is 4.15. The second kappa shape index (κ2) is 4.49. The first kappa shape index (κ1) is 10.9. The molecule has 84 valence electrons. The fourth-order valence-corrected chi connectivity index (χ4v) is 1.65. The quantitative estimate of drug-likeness (QED) is 0.857. The summed E-state index contributed by atoms with van der Waals surface area (Å²) >= 11 is 0. The van der Waals surface area contributed by atoms with E-state index in [2.05, 4.69) is 11.1 Å². The van der Waals surface area contributed by atoms with Gasteiger partial charge in [0.25, 0.3) is 0 Å². The van der Waals surface area contributed by atoms with Crippen LogP contribution in [0, 0.1) is 6.92 Å². The molecule has 0 fully saturated rings. The van der Waals surface area contributed by atoms with Gasteiger partial charge in [-0.15, -0.1) is 0 Å². The van der Waals surface area contributed by atoms with Crippen molar-refractivity contribution in [3.8, 4) is 11.3 Å². The van der Waals surface area contributed by atoms with Crippen molar-refractivity contribution in [2.45, 2.75) is 26.3 Å². The highest BCUT2D eigenvalue weighted by Crippen LogP contribution is 2.22. The molecule has 0 spiro atoms. The second-order valence-corrected chi connectivity index (χ2v) is 4.20. The van der Waals surface area contributed by atoms with Crippen LogP contribution in [0.3, 0.4) is 0 Å². The van der Waals surface area contributed by atoms with Crippen LogP contribution in [0.25, 0.3) is 11.3 Å². The predicted molar refractivity (Wildman–Crippen MR) is 64.0 cm³/mol. The Labute approximate surface area is 95.3 Å². The normalized spacial score (nSPS) is 12.7. The van der Waals surface area contributed by atoms with Gasteiger partial charge in [0.05, 0.1) is 0 Å². The van der Waals surface area contributed by atoms with Gasteiger partial charge in [-0.2, -0.15) is 0 Å². The molecule has 0 aliphatic carbocycles. The topological polar surface area (TPSA) is 52.0 Å². The van der Waals surface area contributed by atoms with E-state index in [-0.39, 0.29) is 6.04 Å². The summed E-state index contributed by atoms with van der Waals surface area (Å²) in [6.07, 6.45) is 4.40. The smallest absolute Gasteiger partial charge is 0.135 e. The van der Waals surface area contributed by atoms with Crippen LogP contribution in [0.1, 0.15) is 18.2 Å². The number of pyridine rings is 1. The molecule has 1 atom stereocenters. The predicted octanol–water partition coefficient (Wildman–Crippen LogP) is 2.54. The van der Waals surface area contributed by atoms with E-state index in [0.717, 1.165) is 29.1 Å². The number of furan rings is 1. The molecule has 16 heavy (non-hydrogen) atoms. The van der Waals surface area contributed by atoms with Crippen molar-refractivity contribution in [1.29, 1.82) is 0 Å². The van der Waals surface area contributed by atoms with Crippen LogP contribution >= 0.6 is 0 Å². The number of aryl methyl sites for hydroxylation is 1. The Morgan fingerprint density at radius 3 is 2.88 bits per heavy atom. The first-order valence-electron chi connectivity index (χ1n) is 5.41. The maximum atomic E-state index is 5.72. The molecule has 1 unspecified atom stereocenters. The maximum Gasteiger partial charge on any atom is 0.135 e. The van der Waals surface area contributed by atoms with E-state index in [4.69, 9.17) is 10.2 Å². The third-order valence-corrected chi connectivity index (χ3v) is 2.34. The molecule has 2 N–H and O–H groups in total. The van der Waals surface area contributed by atoms with Crippen molar-refractivity contribution in [3.63, 3.8) is 0 Å². The molecule has 3 nitrogen and oxygen atoms in total. The zero-order chi connectivity index (χ0) is 11.5. The lowest BCUT2D eigenvalue weighted by molar-refractivity contribution is 0.503. The number of hydrogen-bond acceptors (Lipinski definition) is 3. The average molecular weight is 216 g/mol. The third-order valence-electron chi connectivity index (χ3n) is 2.34. The number of rotatable bonds is 3. The highest BCUT2D eigenvalue weighted by Gasteiger charge is 2.06. The molecular weight excluding hydrogens is 200 g/mol. The summed E-state index contributed by atoms with van der Waals surface area (Å²) in [5.74, 6) is 1.78. The van der Waals surface area contributed by atoms with Gasteiger partial charge in [-0.25, -0.2) is 0 Å². The monoisotopic (exact) mass is 216 g/mol. The van der Waals surface area contributed by atoms with Crippen molar-refractivity contribution in [2.24, 2.45) is 5.73 Å². The molecule has 2 rings (SSSR count). The molecule has 0 saturated carbocycles. The summed E-state index contributed by atoms with van der Waals surface area (Å²) < 4.78 is 5.72. The van der Waals surface area contributed by atoms with Crippen molar-refractivity contribution in [2.75, 3.05) is 0 Å². The highest BCUT2D eigenvalue weighted by atomic mass is 16.3. The molecule has 0 bridgehead atoms. The zero-order valence-corrected chi connectivity index (χ0v) is 9.60. The minimum atomic E-state index is 0.120. The van der Waals surface area contributed by atoms with Crippen LogP contribution in [-0.4, -0.2) is 11.0 Å². The molecule has 3 heteroatoms. The van der Waals surface area contributed by atoms with E-state index in [1.807, 2.05) is 38.4 Å². The van der Waals surface area contributed by atoms with E-state index in [9.17, 15) is 0 Å². The largest absolute Gasteiger partial charge is 0.461 e. The summed E-state index contributed by atoms with van der Waals surface area (Å²) in [6.45, 7) is 3.98. The molecule has 0 aliphatic rings. The zero-order valence-electron chi connectivity index (χ0n) is 9.60. The molecular formula is C13H16N2O. The SMILES string of the molecule is Cc1cncc(-c2ccc(CC(C)N)o2)c1. The Morgan fingerprint density at radius 1 is 1.38 bits per heavy atom. The van der Waals surface area contributed by atoms with Crippen LogP contribution in [0.5, 0.6) is 0 Å². The highest BCUT2D eigenvalue weighted by molar-refractivity contribution is 5.56. The van der Waals surface area contributed by atoms with Crippen molar-refractivity contribution < 1.29 is 4.42 Å². The fraction of sp³-hybridized carbons (Fsp3) is 0.308. The van der Waals surface area contributed by atoms with Crippen LogP contribution in [0.2, 0.25) is 0 Å². The van der Waals surface area contributed by atoms with Crippen LogP contribution in [0.15, 0.2) is 35.0 Å². The summed E-state index contributed by atoms with van der Waals surface area (Å²) in [6, 6.07) is 6.12. The van der Waals surface area contributed by atoms with Crippen LogP contribution in [-0.2, 0) is 6.42 Å². The minimum Gasteiger partial charge on any atom is -0.461 e. The third kappa shape index (κ3) is 2.49. The van der Waals surface area contributed by atoms with Crippen molar-refractivity contribution in [1.82, 2.24) is 4.98 Å². The van der Waals surface area contributed by atoms with Gasteiger partial charge in [0.1, 0.15) is 11.5 Å². The average Bonchev–Trinajstić information content (AvgIpc) is 2.65. The van der Waals surface area contributed by atoms with E-state index in [1.54, 1.807) is 0 Å². The van der Waals surface area contributed by atoms with Crippen LogP contribution in [0.4, 0.5) is 0 Å². The second-order valence-electron chi connectivity index (χ2n) is 4.20. The number of nitrogens with zero attached hydrogens (tertiary/aromatic N) is 1. The Balaban J connectivity index is 2.24. The minimum absolute atomic E-state index is 0.120. The van der Waals surface area contributed by atoms with E-state index >= 15 is 0 Å². The summed E-state index contributed by atoms with van der Waals surface area (Å²) in [5, 5.41) is 0. The summed E-state index contributed by atoms with van der Waals surface area (Å²) in [7, 11) is 0. The number of hydrogen-bond donors (Lipinski definition) is 1. The van der Waals surface area contributed by atoms with E-state index < -0.39 is 0 Å². The van der Waals surface area contributed by atoms with E-state index in [1.165, 1.54) is 0 Å². The standard InChI is InChI=1S/C13H16N2O/c1-9-5-11(8-15-7-9)13-4-3-12(16-13)6-10(2)14/h3-5,7-8,10H,6,14H2,1-2H3. The molecule has 0 aliphatic heterocycles. The van der Waals surface area contributed by atoms with Gasteiger partial charge in [-0.1, -0.05) is 0 Å². The van der Waals surface area contributed by atoms with Gasteiger partial charge in [0.2, 0.25) is 0 Å². The van der Waals surface area contributed by atoms with Gasteiger partial charge < -0.3 is 10.2 Å². The van der Waals surface area contributed by atoms with Gasteiger partial charge in [-0.05, 0) is 37.6 Å². The van der Waals surface area contributed by atoms with Crippen molar-refractivity contribution >= 4 is 0 Å². The number of nitrogens with two attached hydrogens (primary N) is 1. The van der Waals surface area contributed by atoms with Crippen molar-refractivity contribution in [3.05, 3.63) is 41.9 Å². The van der Waals surface area contributed by atoms with Gasteiger partial charge >= 0.3 is 0 Å². The maximum absolute atomic E-state index is 5.72. The molecule has 2 aromatic heterocycles. The van der Waals surface area contributed by atoms with Crippen LogP contribution < -0.4 is 5.73 Å². The van der Waals surface area contributed by atoms with E-state index in [0.29, 0.717) is 0 Å². The lowest BCUT2D eigenvalue weighted by atomic mass is 10.2. The molecule has 0 aromatic carbocycles. The Hall–Kier alpha value is -1.61. The lowest BCUT2D eigenvalue weighted by Gasteiger charge is -2.01. The molecule has 0 radical (unpaired) electrons. The Morgan fingerprint density at radius 2 is 2.19 bits per heavy atom. The molecule has 0 amide bonds. The van der Waals surface area contributed by atoms with Gasteiger partial charge in [0.15, 0.2) is 0 Å². The molecule has 2 heterocycles. The van der Waals surface area contributed by atoms with Gasteiger partial charge in [-0.3, -0.25) is 4.98 Å².